The molecule has 2 atom stereocenters. The number of aromatic nitrogens is 2. The van der Waals surface area contributed by atoms with Crippen molar-refractivity contribution in [2.24, 2.45) is 0 Å². The minimum atomic E-state index is -0.625. The van der Waals surface area contributed by atoms with Crippen LogP contribution in [0, 0.1) is 11.3 Å². The molecule has 1 aromatic heterocycles. The van der Waals surface area contributed by atoms with Crippen LogP contribution < -0.4 is 14.5 Å². The third kappa shape index (κ3) is 8.41. The Labute approximate surface area is 323 Å². The Hall–Kier alpha value is -5.57. The highest BCUT2D eigenvalue weighted by Crippen LogP contribution is 2.37. The van der Waals surface area contributed by atoms with Crippen molar-refractivity contribution in [2.45, 2.75) is 96.7 Å². The Kier molecular flexibility index (Phi) is 10.7. The summed E-state index contributed by atoms with van der Waals surface area (Å²) < 4.78 is 18.0. The molecule has 0 saturated carbocycles. The van der Waals surface area contributed by atoms with E-state index in [1.54, 1.807) is 4.90 Å². The number of amides is 2. The highest BCUT2D eigenvalue weighted by atomic mass is 16.6. The van der Waals surface area contributed by atoms with Crippen molar-refractivity contribution < 1.29 is 23.8 Å². The lowest BCUT2D eigenvalue weighted by Crippen LogP contribution is -2.55. The summed E-state index contributed by atoms with van der Waals surface area (Å²) in [5.74, 6) is 0.758. The van der Waals surface area contributed by atoms with Crippen molar-refractivity contribution in [3.05, 3.63) is 89.6 Å². The van der Waals surface area contributed by atoms with Crippen LogP contribution in [0.2, 0.25) is 0 Å². The fourth-order valence-corrected chi connectivity index (χ4v) is 8.07. The zero-order valence-corrected chi connectivity index (χ0v) is 32.5. The van der Waals surface area contributed by atoms with Crippen LogP contribution in [0.5, 0.6) is 6.01 Å². The van der Waals surface area contributed by atoms with Crippen LogP contribution in [-0.4, -0.2) is 88.0 Å². The summed E-state index contributed by atoms with van der Waals surface area (Å²) in [6.45, 7) is 12.7. The van der Waals surface area contributed by atoms with Gasteiger partial charge in [-0.05, 0) is 70.9 Å². The number of fused-ring (bicyclic) bond motifs is 2. The molecule has 2 fully saturated rings. The van der Waals surface area contributed by atoms with Crippen molar-refractivity contribution in [1.82, 2.24) is 19.8 Å². The van der Waals surface area contributed by atoms with Gasteiger partial charge in [-0.1, -0.05) is 66.7 Å². The minimum Gasteiger partial charge on any atom is -0.461 e. The maximum absolute atomic E-state index is 13.4. The zero-order valence-electron chi connectivity index (χ0n) is 32.5. The van der Waals surface area contributed by atoms with Crippen LogP contribution in [0.4, 0.5) is 21.1 Å². The summed E-state index contributed by atoms with van der Waals surface area (Å²) in [5, 5.41) is 12.2. The Morgan fingerprint density at radius 3 is 2.45 bits per heavy atom. The van der Waals surface area contributed by atoms with Crippen molar-refractivity contribution in [3.63, 3.8) is 0 Å². The van der Waals surface area contributed by atoms with E-state index in [0.717, 1.165) is 47.7 Å². The normalized spacial score (nSPS) is 19.5. The Bertz CT molecular complexity index is 2050. The van der Waals surface area contributed by atoms with E-state index in [-0.39, 0.29) is 37.8 Å². The highest BCUT2D eigenvalue weighted by Gasteiger charge is 2.45. The molecule has 0 aliphatic carbocycles. The molecule has 4 heterocycles. The van der Waals surface area contributed by atoms with E-state index in [9.17, 15) is 14.9 Å². The van der Waals surface area contributed by atoms with E-state index in [1.807, 2.05) is 56.0 Å². The maximum atomic E-state index is 13.4. The minimum absolute atomic E-state index is 0.153. The zero-order chi connectivity index (χ0) is 38.7. The van der Waals surface area contributed by atoms with Crippen LogP contribution in [-0.2, 0) is 29.0 Å². The number of likely N-dealkylation sites (tertiary alicyclic amines) is 1. The standard InChI is InChI=1S/C43H51N7O5/c1-42(2,3)55-41(52)50-33(18-21-43(50,4)5)29-53-39-45-36-27-47(37-17-11-15-31-14-9-10-16-34(31)37)23-20-35(36)38(46-39)48-24-25-49(32(26-48)19-22-44)40(51)54-28-30-12-7-6-8-13-30/h6-17,32-33H,18-21,23-29H2,1-5H3/t32?,33-/m0/s1. The molecule has 0 radical (unpaired) electrons. The lowest BCUT2D eigenvalue weighted by atomic mass is 10.0. The summed E-state index contributed by atoms with van der Waals surface area (Å²) in [6, 6.07) is 26.3. The summed E-state index contributed by atoms with van der Waals surface area (Å²) >= 11 is 0. The Balaban J connectivity index is 1.16. The van der Waals surface area contributed by atoms with Gasteiger partial charge in [0.15, 0.2) is 0 Å². The van der Waals surface area contributed by atoms with Gasteiger partial charge in [0.25, 0.3) is 0 Å². The second kappa shape index (κ2) is 15.7. The van der Waals surface area contributed by atoms with Crippen LogP contribution in [0.1, 0.15) is 70.7 Å². The number of nitrogens with zero attached hydrogens (tertiary/aromatic N) is 7. The number of carbonyl (C=O) groups is 2. The van der Waals surface area contributed by atoms with Gasteiger partial charge in [0.1, 0.15) is 24.6 Å². The van der Waals surface area contributed by atoms with Crippen molar-refractivity contribution in [2.75, 3.05) is 42.6 Å². The summed E-state index contributed by atoms with van der Waals surface area (Å²) in [6.07, 6.45) is 1.65. The van der Waals surface area contributed by atoms with Gasteiger partial charge in [-0.2, -0.15) is 15.2 Å². The third-order valence-electron chi connectivity index (χ3n) is 10.8. The molecular formula is C43H51N7O5. The number of ether oxygens (including phenoxy) is 3. The number of hydrogen-bond donors (Lipinski definition) is 0. The average molecular weight is 746 g/mol. The maximum Gasteiger partial charge on any atom is 0.411 e. The number of benzene rings is 3. The summed E-state index contributed by atoms with van der Waals surface area (Å²) in [7, 11) is 0. The van der Waals surface area contributed by atoms with Crippen LogP contribution in [0.3, 0.4) is 0 Å². The lowest BCUT2D eigenvalue weighted by molar-refractivity contribution is -0.00144. The van der Waals surface area contributed by atoms with Gasteiger partial charge in [0.2, 0.25) is 0 Å². The Morgan fingerprint density at radius 1 is 0.909 bits per heavy atom. The predicted octanol–water partition coefficient (Wildman–Crippen LogP) is 7.49. The number of anilines is 2. The number of piperazine rings is 1. The van der Waals surface area contributed by atoms with E-state index in [4.69, 9.17) is 24.2 Å². The summed E-state index contributed by atoms with van der Waals surface area (Å²) in [5.41, 5.74) is 2.94. The molecule has 4 aromatic rings. The molecule has 55 heavy (non-hydrogen) atoms. The second-order valence-corrected chi connectivity index (χ2v) is 16.3. The van der Waals surface area contributed by atoms with E-state index >= 15 is 0 Å². The van der Waals surface area contributed by atoms with Crippen molar-refractivity contribution >= 4 is 34.5 Å². The summed E-state index contributed by atoms with van der Waals surface area (Å²) in [4.78, 5) is 44.8. The first-order valence-corrected chi connectivity index (χ1v) is 19.3. The van der Waals surface area contributed by atoms with Crippen LogP contribution in [0.25, 0.3) is 10.8 Å². The van der Waals surface area contributed by atoms with Gasteiger partial charge in [0.05, 0.1) is 36.8 Å². The molecule has 12 heteroatoms. The predicted molar refractivity (Wildman–Crippen MR) is 211 cm³/mol. The molecule has 0 spiro atoms. The quantitative estimate of drug-likeness (QED) is 0.179. The monoisotopic (exact) mass is 745 g/mol. The Morgan fingerprint density at radius 2 is 1.67 bits per heavy atom. The molecule has 1 unspecified atom stereocenters. The molecule has 0 bridgehead atoms. The van der Waals surface area contributed by atoms with Gasteiger partial charge in [-0.15, -0.1) is 0 Å². The molecule has 2 saturated heterocycles. The molecule has 12 nitrogen and oxygen atoms in total. The topological polar surface area (TPSA) is 124 Å². The van der Waals surface area contributed by atoms with Crippen molar-refractivity contribution in [1.29, 1.82) is 5.26 Å². The average Bonchev–Trinajstić information content (AvgIpc) is 3.48. The molecule has 7 rings (SSSR count). The van der Waals surface area contributed by atoms with E-state index < -0.39 is 23.3 Å². The lowest BCUT2D eigenvalue weighted by Gasteiger charge is -2.42. The van der Waals surface area contributed by atoms with Crippen molar-refractivity contribution in [3.8, 4) is 12.1 Å². The first kappa shape index (κ1) is 37.7. The number of hydrogen-bond acceptors (Lipinski definition) is 10. The van der Waals surface area contributed by atoms with E-state index in [0.29, 0.717) is 32.6 Å². The van der Waals surface area contributed by atoms with Gasteiger partial charge < -0.3 is 28.9 Å². The fourth-order valence-electron chi connectivity index (χ4n) is 8.07. The van der Waals surface area contributed by atoms with Crippen LogP contribution >= 0.6 is 0 Å². The second-order valence-electron chi connectivity index (χ2n) is 16.3. The third-order valence-corrected chi connectivity index (χ3v) is 10.8. The molecule has 0 N–H and O–H groups in total. The fraction of sp³-hybridized carbons (Fsp3) is 0.465. The first-order valence-electron chi connectivity index (χ1n) is 19.3. The van der Waals surface area contributed by atoms with Gasteiger partial charge in [-0.25, -0.2) is 9.59 Å². The highest BCUT2D eigenvalue weighted by molar-refractivity contribution is 5.94. The molecule has 3 aliphatic heterocycles. The van der Waals surface area contributed by atoms with Gasteiger partial charge in [-0.3, -0.25) is 4.90 Å². The molecule has 3 aromatic carbocycles. The molecule has 2 amide bonds. The number of rotatable bonds is 8. The van der Waals surface area contributed by atoms with E-state index in [2.05, 4.69) is 72.2 Å². The molecule has 288 valence electrons. The largest absolute Gasteiger partial charge is 0.461 e. The number of nitriles is 1. The number of carbonyl (C=O) groups excluding carboxylic acids is 2. The molecule has 3 aliphatic rings. The molecular weight excluding hydrogens is 695 g/mol. The SMILES string of the molecule is CC(C)(C)OC(=O)N1[C@H](COc2nc3c(c(N4CCN(C(=O)OCc5ccccc5)C(CC#N)C4)n2)CCN(c2cccc4ccccc24)C3)CCC1(C)C. The van der Waals surface area contributed by atoms with Gasteiger partial charge in [0, 0.05) is 48.4 Å². The first-order chi connectivity index (χ1) is 26.4. The van der Waals surface area contributed by atoms with Crippen LogP contribution in [0.15, 0.2) is 72.8 Å². The van der Waals surface area contributed by atoms with E-state index in [1.165, 1.54) is 10.8 Å². The smallest absolute Gasteiger partial charge is 0.411 e. The van der Waals surface area contributed by atoms with Gasteiger partial charge >= 0.3 is 18.2 Å².